The van der Waals surface area contributed by atoms with Crippen molar-refractivity contribution < 1.29 is 64.8 Å². The number of hydrogen-bond donors (Lipinski definition) is 2. The van der Waals surface area contributed by atoms with Crippen molar-refractivity contribution >= 4 is 58.7 Å². The Morgan fingerprint density at radius 2 is 1.45 bits per heavy atom. The Hall–Kier alpha value is -5.06. The Bertz CT molecular complexity index is 1920. The summed E-state index contributed by atoms with van der Waals surface area (Å²) >= 11 is 11.7. The van der Waals surface area contributed by atoms with Crippen LogP contribution in [0.25, 0.3) is 0 Å². The molecule has 10 nitrogen and oxygen atoms in total. The van der Waals surface area contributed by atoms with E-state index in [4.69, 9.17) is 33.0 Å². The fraction of sp³-hybridized carbons (Fsp3) is 0.371. The zero-order valence-electron chi connectivity index (χ0n) is 27.4. The first-order valence-electron chi connectivity index (χ1n) is 15.5. The van der Waals surface area contributed by atoms with Crippen LogP contribution in [-0.2, 0) is 35.0 Å². The van der Waals surface area contributed by atoms with Crippen molar-refractivity contribution in [2.75, 3.05) is 23.9 Å². The minimum atomic E-state index is -5.00. The van der Waals surface area contributed by atoms with Crippen LogP contribution in [0.5, 0.6) is 0 Å². The summed E-state index contributed by atoms with van der Waals surface area (Å²) < 4.78 is 96.2. The summed E-state index contributed by atoms with van der Waals surface area (Å²) in [6.07, 6.45) is -8.79. The maximum atomic E-state index is 14.0. The number of cyclic esters (lactones) is 2. The van der Waals surface area contributed by atoms with Crippen LogP contribution in [0, 0.1) is 35.5 Å². The minimum Gasteiger partial charge on any atom is -0.481 e. The van der Waals surface area contributed by atoms with Crippen molar-refractivity contribution in [3.63, 3.8) is 0 Å². The number of anilines is 2. The van der Waals surface area contributed by atoms with Gasteiger partial charge in [0.05, 0.1) is 24.9 Å². The lowest BCUT2D eigenvalue weighted by molar-refractivity contribution is -0.240. The molecule has 6 rings (SSSR count). The molecule has 2 aliphatic carbocycles. The predicted octanol–water partition coefficient (Wildman–Crippen LogP) is 8.36. The van der Waals surface area contributed by atoms with E-state index >= 15 is 0 Å². The van der Waals surface area contributed by atoms with E-state index in [1.165, 1.54) is 31.4 Å². The van der Waals surface area contributed by atoms with Gasteiger partial charge in [-0.3, -0.25) is 15.0 Å². The van der Waals surface area contributed by atoms with Gasteiger partial charge in [0, 0.05) is 45.6 Å². The van der Waals surface area contributed by atoms with Gasteiger partial charge < -0.3 is 19.3 Å². The molecule has 2 amide bonds. The molecule has 0 aromatic heterocycles. The molecule has 0 bridgehead atoms. The van der Waals surface area contributed by atoms with Crippen LogP contribution < -0.4 is 10.2 Å². The van der Waals surface area contributed by atoms with Gasteiger partial charge in [0.15, 0.2) is 0 Å². The van der Waals surface area contributed by atoms with E-state index in [-0.39, 0.29) is 45.4 Å². The van der Waals surface area contributed by atoms with Gasteiger partial charge in [0.25, 0.3) is 11.2 Å². The molecule has 0 spiro atoms. The SMILES string of the molecule is C=CC(=O)OC.O=C(O)CCN1C(=O)O[C@](C#CC2CC2)(C(F)(F)F)c2cc(Cl)ccc21.O=C1Nc2ccc(Cl)cc2[C@@](C#CC2CC2)(C(F)(F)F)O1. The van der Waals surface area contributed by atoms with E-state index in [0.717, 1.165) is 36.0 Å². The minimum absolute atomic E-state index is 0.00179. The molecule has 53 heavy (non-hydrogen) atoms. The number of amides is 2. The number of alkyl halides is 6. The summed E-state index contributed by atoms with van der Waals surface area (Å²) in [6.45, 7) is 2.82. The summed E-state index contributed by atoms with van der Waals surface area (Å²) in [7, 11) is 1.31. The Kier molecular flexibility index (Phi) is 12.2. The van der Waals surface area contributed by atoms with E-state index in [0.29, 0.717) is 12.8 Å². The number of carbonyl (C=O) groups is 4. The second-order valence-corrected chi connectivity index (χ2v) is 12.6. The third-order valence-electron chi connectivity index (χ3n) is 7.71. The largest absolute Gasteiger partial charge is 0.481 e. The number of nitrogens with zero attached hydrogens (tertiary/aromatic N) is 1. The molecular formula is C35H28Cl2F6N2O8. The average molecular weight is 790 g/mol. The van der Waals surface area contributed by atoms with E-state index in [2.05, 4.69) is 45.1 Å². The van der Waals surface area contributed by atoms with Gasteiger partial charge in [0.1, 0.15) is 0 Å². The molecule has 0 radical (unpaired) electrons. The molecule has 2 aromatic rings. The Balaban J connectivity index is 0.000000209. The number of fused-ring (bicyclic) bond motifs is 2. The van der Waals surface area contributed by atoms with Crippen LogP contribution in [0.2, 0.25) is 10.0 Å². The molecule has 0 saturated heterocycles. The number of hydrogen-bond acceptors (Lipinski definition) is 7. The lowest BCUT2D eigenvalue weighted by Gasteiger charge is -2.40. The fourth-order valence-corrected chi connectivity index (χ4v) is 5.07. The van der Waals surface area contributed by atoms with Crippen molar-refractivity contribution in [3.8, 4) is 23.7 Å². The molecule has 18 heteroatoms. The van der Waals surface area contributed by atoms with E-state index in [9.17, 15) is 45.5 Å². The van der Waals surface area contributed by atoms with E-state index in [1.807, 2.05) is 0 Å². The summed E-state index contributed by atoms with van der Waals surface area (Å²) in [5, 5.41) is 11.2. The second-order valence-electron chi connectivity index (χ2n) is 11.7. The number of halogens is 8. The normalized spacial score (nSPS) is 21.3. The van der Waals surface area contributed by atoms with Crippen molar-refractivity contribution in [2.24, 2.45) is 11.8 Å². The lowest BCUT2D eigenvalue weighted by atomic mass is 9.89. The number of rotatable bonds is 4. The van der Waals surface area contributed by atoms with Crippen LogP contribution in [0.4, 0.5) is 47.3 Å². The van der Waals surface area contributed by atoms with Crippen molar-refractivity contribution in [2.45, 2.75) is 55.7 Å². The average Bonchev–Trinajstić information content (AvgIpc) is 4.01. The van der Waals surface area contributed by atoms with Crippen LogP contribution in [0.3, 0.4) is 0 Å². The molecule has 2 heterocycles. The number of carbonyl (C=O) groups excluding carboxylic acids is 3. The first-order chi connectivity index (χ1) is 24.8. The van der Waals surface area contributed by atoms with Gasteiger partial charge in [-0.2, -0.15) is 26.3 Å². The number of aliphatic carboxylic acids is 1. The van der Waals surface area contributed by atoms with Gasteiger partial charge in [-0.15, -0.1) is 0 Å². The van der Waals surface area contributed by atoms with Crippen LogP contribution >= 0.6 is 23.2 Å². The summed E-state index contributed by atoms with van der Waals surface area (Å²) in [6, 6.07) is 7.41. The highest BCUT2D eigenvalue weighted by Gasteiger charge is 2.64. The third kappa shape index (κ3) is 9.49. The van der Waals surface area contributed by atoms with E-state index in [1.54, 1.807) is 0 Å². The maximum absolute atomic E-state index is 14.0. The second kappa shape index (κ2) is 15.9. The number of ether oxygens (including phenoxy) is 3. The summed E-state index contributed by atoms with van der Waals surface area (Å²) in [4.78, 5) is 45.3. The molecule has 2 aromatic carbocycles. The number of benzene rings is 2. The summed E-state index contributed by atoms with van der Waals surface area (Å²) in [5.41, 5.74) is -6.94. The topological polar surface area (TPSA) is 131 Å². The van der Waals surface area contributed by atoms with Crippen LogP contribution in [-0.4, -0.2) is 55.2 Å². The fourth-order valence-electron chi connectivity index (χ4n) is 4.73. The predicted molar refractivity (Wildman–Crippen MR) is 178 cm³/mol. The number of carboxylic acid groups (broad SMARTS) is 1. The first kappa shape index (κ1) is 40.7. The Morgan fingerprint density at radius 3 is 1.91 bits per heavy atom. The Labute approximate surface area is 308 Å². The molecule has 4 aliphatic rings. The van der Waals surface area contributed by atoms with Gasteiger partial charge in [0.2, 0.25) is 0 Å². The molecule has 2 N–H and O–H groups in total. The zero-order valence-corrected chi connectivity index (χ0v) is 28.9. The lowest BCUT2D eigenvalue weighted by Crippen LogP contribution is -2.53. The number of methoxy groups -OCH3 is 1. The van der Waals surface area contributed by atoms with Crippen LogP contribution in [0.1, 0.15) is 43.2 Å². The zero-order chi connectivity index (χ0) is 39.4. The van der Waals surface area contributed by atoms with E-state index < -0.39 is 59.7 Å². The van der Waals surface area contributed by atoms with Gasteiger partial charge in [-0.25, -0.2) is 14.4 Å². The molecular weight excluding hydrogens is 761 g/mol. The first-order valence-corrected chi connectivity index (χ1v) is 16.2. The van der Waals surface area contributed by atoms with Gasteiger partial charge in [-0.05, 0) is 73.9 Å². The molecule has 0 unspecified atom stereocenters. The standard InChI is InChI=1S/C17H13ClF3NO4.C14H9ClF3NO2.C4H6O2/c18-11-3-4-13-12(9-11)16(17(19,20)21,7-5-10-1-2-10)26-15(25)22(13)8-6-14(23)24;15-9-3-4-11-10(7-9)13(14(16,17)18,21-12(20)19-11)6-5-8-1-2-8;1-3-4(5)6-2/h3-4,9-10H,1-2,6,8H2,(H,23,24);3-4,7-8H,1-2H2,(H,19,20);3H,1H2,2H3/t16-;13-;/m00./s1. The molecule has 282 valence electrons. The monoisotopic (exact) mass is 788 g/mol. The molecule has 2 atom stereocenters. The highest BCUT2D eigenvalue weighted by molar-refractivity contribution is 6.31. The van der Waals surface area contributed by atoms with Gasteiger partial charge in [-0.1, -0.05) is 41.6 Å². The Morgan fingerprint density at radius 1 is 0.943 bits per heavy atom. The number of carboxylic acids is 1. The highest BCUT2D eigenvalue weighted by Crippen LogP contribution is 2.50. The molecule has 2 aliphatic heterocycles. The smallest absolute Gasteiger partial charge is 0.445 e. The molecule has 2 saturated carbocycles. The van der Waals surface area contributed by atoms with Crippen molar-refractivity contribution in [1.29, 1.82) is 0 Å². The third-order valence-corrected chi connectivity index (χ3v) is 8.18. The number of nitrogens with one attached hydrogen (secondary N) is 1. The van der Waals surface area contributed by atoms with Crippen molar-refractivity contribution in [3.05, 3.63) is 70.2 Å². The van der Waals surface area contributed by atoms with Crippen LogP contribution in [0.15, 0.2) is 49.1 Å². The van der Waals surface area contributed by atoms with Gasteiger partial charge >= 0.3 is 36.5 Å². The molecule has 2 fully saturated rings. The maximum Gasteiger partial charge on any atom is 0.445 e. The quantitative estimate of drug-likeness (QED) is 0.104. The number of esters is 1. The highest BCUT2D eigenvalue weighted by atomic mass is 35.5. The van der Waals surface area contributed by atoms with Crippen molar-refractivity contribution in [1.82, 2.24) is 0 Å². The summed E-state index contributed by atoms with van der Waals surface area (Å²) in [5.74, 6) is 7.49.